The van der Waals surface area contributed by atoms with E-state index < -0.39 is 0 Å². The molecule has 3 heteroatoms. The number of aldehydes is 1. The van der Waals surface area contributed by atoms with Gasteiger partial charge >= 0.3 is 0 Å². The minimum absolute atomic E-state index is 0.465. The number of aryl methyl sites for hydroxylation is 2. The lowest BCUT2D eigenvalue weighted by atomic mass is 10.2. The Labute approximate surface area is 70.2 Å². The standard InChI is InChI=1S/C8H8ClNO/c1-5-3-7(9)6(2)10-8(5)4-11/h3-4H,1-2H3. The first-order valence-electron chi connectivity index (χ1n) is 3.24. The van der Waals surface area contributed by atoms with E-state index >= 15 is 0 Å². The van der Waals surface area contributed by atoms with Crippen LogP contribution in [0.25, 0.3) is 0 Å². The Morgan fingerprint density at radius 1 is 1.55 bits per heavy atom. The van der Waals surface area contributed by atoms with Gasteiger partial charge in [0.1, 0.15) is 5.69 Å². The average molecular weight is 170 g/mol. The van der Waals surface area contributed by atoms with E-state index in [0.29, 0.717) is 16.4 Å². The monoisotopic (exact) mass is 169 g/mol. The van der Waals surface area contributed by atoms with Crippen LogP contribution in [0.1, 0.15) is 21.7 Å². The second kappa shape index (κ2) is 3.01. The zero-order valence-corrected chi connectivity index (χ0v) is 7.14. The van der Waals surface area contributed by atoms with E-state index in [1.165, 1.54) is 0 Å². The summed E-state index contributed by atoms with van der Waals surface area (Å²) >= 11 is 5.76. The van der Waals surface area contributed by atoms with Crippen LogP contribution in [0.5, 0.6) is 0 Å². The van der Waals surface area contributed by atoms with Crippen molar-refractivity contribution in [2.75, 3.05) is 0 Å². The number of pyridine rings is 1. The van der Waals surface area contributed by atoms with E-state index in [1.807, 2.05) is 6.92 Å². The van der Waals surface area contributed by atoms with Gasteiger partial charge in [-0.1, -0.05) is 11.6 Å². The molecule has 1 aromatic rings. The Hall–Kier alpha value is -0.890. The zero-order valence-electron chi connectivity index (χ0n) is 6.39. The third-order valence-corrected chi connectivity index (χ3v) is 1.88. The SMILES string of the molecule is Cc1cc(Cl)c(C)nc1C=O. The molecule has 58 valence electrons. The molecule has 0 aliphatic heterocycles. The molecule has 2 nitrogen and oxygen atoms in total. The fraction of sp³-hybridized carbons (Fsp3) is 0.250. The van der Waals surface area contributed by atoms with Gasteiger partial charge in [-0.3, -0.25) is 4.79 Å². The summed E-state index contributed by atoms with van der Waals surface area (Å²) in [5.74, 6) is 0. The second-order valence-corrected chi connectivity index (χ2v) is 2.78. The molecule has 11 heavy (non-hydrogen) atoms. The highest BCUT2D eigenvalue weighted by molar-refractivity contribution is 6.31. The van der Waals surface area contributed by atoms with Gasteiger partial charge in [-0.05, 0) is 25.5 Å². The van der Waals surface area contributed by atoms with Crippen LogP contribution in [0, 0.1) is 13.8 Å². The van der Waals surface area contributed by atoms with Gasteiger partial charge < -0.3 is 0 Å². The molecule has 0 bridgehead atoms. The fourth-order valence-electron chi connectivity index (χ4n) is 0.810. The minimum Gasteiger partial charge on any atom is -0.296 e. The van der Waals surface area contributed by atoms with E-state index in [1.54, 1.807) is 13.0 Å². The van der Waals surface area contributed by atoms with Gasteiger partial charge in [-0.2, -0.15) is 0 Å². The average Bonchev–Trinajstić information content (AvgIpc) is 1.97. The molecule has 0 aliphatic carbocycles. The topological polar surface area (TPSA) is 30.0 Å². The molecule has 0 N–H and O–H groups in total. The smallest absolute Gasteiger partial charge is 0.168 e. The summed E-state index contributed by atoms with van der Waals surface area (Å²) in [7, 11) is 0. The van der Waals surface area contributed by atoms with Crippen molar-refractivity contribution in [1.82, 2.24) is 4.98 Å². The summed E-state index contributed by atoms with van der Waals surface area (Å²) in [6.45, 7) is 3.58. The maximum Gasteiger partial charge on any atom is 0.168 e. The van der Waals surface area contributed by atoms with Crippen molar-refractivity contribution in [1.29, 1.82) is 0 Å². The maximum atomic E-state index is 10.4. The molecule has 0 radical (unpaired) electrons. The van der Waals surface area contributed by atoms with Crippen molar-refractivity contribution in [3.63, 3.8) is 0 Å². The van der Waals surface area contributed by atoms with Gasteiger partial charge in [0.25, 0.3) is 0 Å². The number of carbonyl (C=O) groups excluding carboxylic acids is 1. The first kappa shape index (κ1) is 8.21. The molecule has 0 spiro atoms. The van der Waals surface area contributed by atoms with Gasteiger partial charge in [-0.25, -0.2) is 4.98 Å². The van der Waals surface area contributed by atoms with Crippen molar-refractivity contribution in [3.05, 3.63) is 28.0 Å². The predicted octanol–water partition coefficient (Wildman–Crippen LogP) is 2.16. The predicted molar refractivity (Wildman–Crippen MR) is 44.1 cm³/mol. The Kier molecular flexibility index (Phi) is 2.25. The number of carbonyl (C=O) groups is 1. The van der Waals surface area contributed by atoms with Crippen LogP contribution in [-0.2, 0) is 0 Å². The molecular formula is C8H8ClNO. The van der Waals surface area contributed by atoms with Crippen LogP contribution >= 0.6 is 11.6 Å². The highest BCUT2D eigenvalue weighted by Crippen LogP contribution is 2.15. The van der Waals surface area contributed by atoms with E-state index in [2.05, 4.69) is 4.98 Å². The molecule has 0 aromatic carbocycles. The lowest BCUT2D eigenvalue weighted by Gasteiger charge is -2.00. The molecule has 0 atom stereocenters. The second-order valence-electron chi connectivity index (χ2n) is 2.38. The maximum absolute atomic E-state index is 10.4. The van der Waals surface area contributed by atoms with Gasteiger partial charge in [0, 0.05) is 0 Å². The molecular weight excluding hydrogens is 162 g/mol. The van der Waals surface area contributed by atoms with Gasteiger partial charge in [0.2, 0.25) is 0 Å². The van der Waals surface area contributed by atoms with Gasteiger partial charge in [-0.15, -0.1) is 0 Å². The van der Waals surface area contributed by atoms with Crippen LogP contribution in [-0.4, -0.2) is 11.3 Å². The van der Waals surface area contributed by atoms with E-state index in [9.17, 15) is 4.79 Å². The largest absolute Gasteiger partial charge is 0.296 e. The fourth-order valence-corrected chi connectivity index (χ4v) is 1.02. The third-order valence-electron chi connectivity index (χ3n) is 1.49. The summed E-state index contributed by atoms with van der Waals surface area (Å²) in [5.41, 5.74) is 1.97. The molecule has 0 fully saturated rings. The van der Waals surface area contributed by atoms with Crippen molar-refractivity contribution in [2.45, 2.75) is 13.8 Å². The molecule has 0 unspecified atom stereocenters. The van der Waals surface area contributed by atoms with Crippen LogP contribution in [0.2, 0.25) is 5.02 Å². The molecule has 0 saturated carbocycles. The number of rotatable bonds is 1. The molecule has 1 rings (SSSR count). The number of halogens is 1. The minimum atomic E-state index is 0.465. The molecule has 1 aromatic heterocycles. The Bertz CT molecular complexity index is 296. The summed E-state index contributed by atoms with van der Waals surface area (Å²) in [5, 5.41) is 0.605. The summed E-state index contributed by atoms with van der Waals surface area (Å²) in [6.07, 6.45) is 0.735. The Balaban J connectivity index is 3.31. The lowest BCUT2D eigenvalue weighted by molar-refractivity contribution is 0.111. The van der Waals surface area contributed by atoms with Crippen LogP contribution in [0.4, 0.5) is 0 Å². The van der Waals surface area contributed by atoms with Crippen molar-refractivity contribution < 1.29 is 4.79 Å². The number of hydrogen-bond acceptors (Lipinski definition) is 2. The first-order chi connectivity index (χ1) is 5.15. The van der Waals surface area contributed by atoms with E-state index in [4.69, 9.17) is 11.6 Å². The van der Waals surface area contributed by atoms with Gasteiger partial charge in [0.15, 0.2) is 6.29 Å². The third kappa shape index (κ3) is 1.57. The quantitative estimate of drug-likeness (QED) is 0.603. The number of hydrogen-bond donors (Lipinski definition) is 0. The van der Waals surface area contributed by atoms with Crippen molar-refractivity contribution in [2.24, 2.45) is 0 Å². The van der Waals surface area contributed by atoms with E-state index in [0.717, 1.165) is 11.8 Å². The zero-order chi connectivity index (χ0) is 8.43. The van der Waals surface area contributed by atoms with Gasteiger partial charge in [0.05, 0.1) is 10.7 Å². The molecule has 0 amide bonds. The summed E-state index contributed by atoms with van der Waals surface area (Å²) in [4.78, 5) is 14.4. The summed E-state index contributed by atoms with van der Waals surface area (Å²) in [6, 6.07) is 1.74. The Morgan fingerprint density at radius 3 is 2.73 bits per heavy atom. The number of nitrogens with zero attached hydrogens (tertiary/aromatic N) is 1. The molecule has 0 saturated heterocycles. The first-order valence-corrected chi connectivity index (χ1v) is 3.62. The van der Waals surface area contributed by atoms with Crippen molar-refractivity contribution in [3.8, 4) is 0 Å². The lowest BCUT2D eigenvalue weighted by Crippen LogP contribution is -1.94. The number of aromatic nitrogens is 1. The van der Waals surface area contributed by atoms with E-state index in [-0.39, 0.29) is 0 Å². The summed E-state index contributed by atoms with van der Waals surface area (Å²) < 4.78 is 0. The van der Waals surface area contributed by atoms with Crippen LogP contribution < -0.4 is 0 Å². The highest BCUT2D eigenvalue weighted by atomic mass is 35.5. The van der Waals surface area contributed by atoms with Crippen LogP contribution in [0.3, 0.4) is 0 Å². The molecule has 1 heterocycles. The molecule has 0 aliphatic rings. The Morgan fingerprint density at radius 2 is 2.18 bits per heavy atom. The normalized spacial score (nSPS) is 9.73. The van der Waals surface area contributed by atoms with Crippen LogP contribution in [0.15, 0.2) is 6.07 Å². The highest BCUT2D eigenvalue weighted by Gasteiger charge is 2.02. The van der Waals surface area contributed by atoms with Crippen molar-refractivity contribution >= 4 is 17.9 Å².